The average molecular weight is 390 g/mol. The minimum atomic E-state index is -0.224. The lowest BCUT2D eigenvalue weighted by atomic mass is 10.1. The van der Waals surface area contributed by atoms with Crippen molar-refractivity contribution < 1.29 is 14.3 Å². The van der Waals surface area contributed by atoms with Crippen molar-refractivity contribution in [1.29, 1.82) is 0 Å². The highest BCUT2D eigenvalue weighted by molar-refractivity contribution is 6.05. The lowest BCUT2D eigenvalue weighted by Gasteiger charge is -2.12. The molecule has 0 bridgehead atoms. The molecule has 1 aliphatic heterocycles. The molecule has 4 rings (SSSR count). The zero-order valence-electron chi connectivity index (χ0n) is 16.6. The Balaban J connectivity index is 1.43. The molecule has 3 aromatic rings. The summed E-state index contributed by atoms with van der Waals surface area (Å²) in [5, 5.41) is 6.12. The van der Waals surface area contributed by atoms with E-state index in [-0.39, 0.29) is 12.7 Å². The van der Waals surface area contributed by atoms with Gasteiger partial charge in [0.15, 0.2) is 11.5 Å². The number of aromatic nitrogens is 2. The number of amides is 1. The summed E-state index contributed by atoms with van der Waals surface area (Å²) in [6.45, 7) is 6.58. The summed E-state index contributed by atoms with van der Waals surface area (Å²) in [6, 6.07) is 11.6. The van der Waals surface area contributed by atoms with Crippen molar-refractivity contribution in [3.05, 3.63) is 70.5 Å². The number of aryl methyl sites for hydroxylation is 2. The van der Waals surface area contributed by atoms with E-state index >= 15 is 0 Å². The summed E-state index contributed by atoms with van der Waals surface area (Å²) in [5.41, 5.74) is 5.03. The molecule has 0 radical (unpaired) electrons. The van der Waals surface area contributed by atoms with E-state index in [0.29, 0.717) is 23.8 Å². The van der Waals surface area contributed by atoms with E-state index in [2.05, 4.69) is 20.6 Å². The van der Waals surface area contributed by atoms with Crippen LogP contribution in [0.15, 0.2) is 42.6 Å². The van der Waals surface area contributed by atoms with Crippen LogP contribution in [0.5, 0.6) is 11.5 Å². The van der Waals surface area contributed by atoms with Crippen molar-refractivity contribution in [2.24, 2.45) is 0 Å². The van der Waals surface area contributed by atoms with Gasteiger partial charge in [0.05, 0.1) is 11.3 Å². The maximum Gasteiger partial charge on any atom is 0.259 e. The van der Waals surface area contributed by atoms with Gasteiger partial charge in [-0.2, -0.15) is 0 Å². The number of anilines is 2. The summed E-state index contributed by atoms with van der Waals surface area (Å²) in [4.78, 5) is 21.4. The van der Waals surface area contributed by atoms with Crippen LogP contribution in [0.2, 0.25) is 0 Å². The monoisotopic (exact) mass is 390 g/mol. The Hall–Kier alpha value is -3.61. The second-order valence-electron chi connectivity index (χ2n) is 6.94. The average Bonchev–Trinajstić information content (AvgIpc) is 3.17. The standard InChI is InChI=1S/C22H22N4O3/c1-13-5-4-6-18(14(13)2)26-21(27)17-11-24-22(25-15(17)3)23-10-16-7-8-19-20(9-16)29-12-28-19/h4-9,11H,10,12H2,1-3H3,(H,26,27)(H,23,24,25). The first-order chi connectivity index (χ1) is 14.0. The minimum Gasteiger partial charge on any atom is -0.454 e. The van der Waals surface area contributed by atoms with Crippen LogP contribution in [0.4, 0.5) is 11.6 Å². The molecular weight excluding hydrogens is 368 g/mol. The van der Waals surface area contributed by atoms with Crippen LogP contribution in [0, 0.1) is 20.8 Å². The first-order valence-corrected chi connectivity index (χ1v) is 9.35. The molecule has 7 heteroatoms. The molecule has 2 N–H and O–H groups in total. The first kappa shape index (κ1) is 18.7. The maximum absolute atomic E-state index is 12.7. The van der Waals surface area contributed by atoms with Crippen molar-refractivity contribution in [3.8, 4) is 11.5 Å². The Labute approximate surface area is 169 Å². The van der Waals surface area contributed by atoms with Crippen molar-refractivity contribution in [1.82, 2.24) is 9.97 Å². The van der Waals surface area contributed by atoms with Crippen LogP contribution in [0.1, 0.15) is 32.7 Å². The predicted molar refractivity (Wildman–Crippen MR) is 111 cm³/mol. The van der Waals surface area contributed by atoms with E-state index < -0.39 is 0 Å². The molecule has 2 heterocycles. The van der Waals surface area contributed by atoms with E-state index in [1.807, 2.05) is 50.2 Å². The highest BCUT2D eigenvalue weighted by Crippen LogP contribution is 2.32. The number of carbonyl (C=O) groups excluding carboxylic acids is 1. The first-order valence-electron chi connectivity index (χ1n) is 9.35. The highest BCUT2D eigenvalue weighted by atomic mass is 16.7. The quantitative estimate of drug-likeness (QED) is 0.685. The number of nitrogens with one attached hydrogen (secondary N) is 2. The zero-order valence-corrected chi connectivity index (χ0v) is 16.6. The fourth-order valence-electron chi connectivity index (χ4n) is 3.08. The summed E-state index contributed by atoms with van der Waals surface area (Å²) < 4.78 is 10.7. The number of rotatable bonds is 5. The van der Waals surface area contributed by atoms with Crippen molar-refractivity contribution in [2.75, 3.05) is 17.4 Å². The van der Waals surface area contributed by atoms with Crippen LogP contribution in [0.3, 0.4) is 0 Å². The molecule has 0 aliphatic carbocycles. The van der Waals surface area contributed by atoms with Gasteiger partial charge in [0, 0.05) is 18.4 Å². The molecule has 1 aromatic heterocycles. The molecule has 7 nitrogen and oxygen atoms in total. The molecule has 1 aliphatic rings. The van der Waals surface area contributed by atoms with Crippen LogP contribution in [0.25, 0.3) is 0 Å². The Morgan fingerprint density at radius 3 is 2.76 bits per heavy atom. The van der Waals surface area contributed by atoms with Gasteiger partial charge in [-0.05, 0) is 55.7 Å². The Kier molecular flexibility index (Phi) is 5.03. The Bertz CT molecular complexity index is 1080. The lowest BCUT2D eigenvalue weighted by molar-refractivity contribution is 0.102. The van der Waals surface area contributed by atoms with Gasteiger partial charge in [-0.1, -0.05) is 18.2 Å². The lowest BCUT2D eigenvalue weighted by Crippen LogP contribution is -2.16. The van der Waals surface area contributed by atoms with Crippen molar-refractivity contribution >= 4 is 17.5 Å². The molecule has 0 saturated carbocycles. The van der Waals surface area contributed by atoms with Gasteiger partial charge in [-0.3, -0.25) is 4.79 Å². The molecule has 29 heavy (non-hydrogen) atoms. The molecule has 2 aromatic carbocycles. The van der Waals surface area contributed by atoms with Crippen LogP contribution < -0.4 is 20.1 Å². The van der Waals surface area contributed by atoms with E-state index in [4.69, 9.17) is 9.47 Å². The normalized spacial score (nSPS) is 12.0. The highest BCUT2D eigenvalue weighted by Gasteiger charge is 2.15. The van der Waals surface area contributed by atoms with Gasteiger partial charge in [-0.25, -0.2) is 9.97 Å². The molecule has 0 spiro atoms. The van der Waals surface area contributed by atoms with Gasteiger partial charge in [-0.15, -0.1) is 0 Å². The number of carbonyl (C=O) groups is 1. The molecule has 0 unspecified atom stereocenters. The fourth-order valence-corrected chi connectivity index (χ4v) is 3.08. The van der Waals surface area contributed by atoms with E-state index in [0.717, 1.165) is 33.9 Å². The van der Waals surface area contributed by atoms with E-state index in [1.54, 1.807) is 13.1 Å². The molecule has 0 atom stereocenters. The Morgan fingerprint density at radius 2 is 1.93 bits per heavy atom. The topological polar surface area (TPSA) is 85.4 Å². The molecular formula is C22H22N4O3. The van der Waals surface area contributed by atoms with E-state index in [1.165, 1.54) is 0 Å². The summed E-state index contributed by atoms with van der Waals surface area (Å²) in [6.07, 6.45) is 1.55. The van der Waals surface area contributed by atoms with Crippen LogP contribution in [-0.2, 0) is 6.54 Å². The number of hydrogen-bond donors (Lipinski definition) is 2. The van der Waals surface area contributed by atoms with Crippen molar-refractivity contribution in [3.63, 3.8) is 0 Å². The zero-order chi connectivity index (χ0) is 20.4. The van der Waals surface area contributed by atoms with Crippen LogP contribution in [-0.4, -0.2) is 22.7 Å². The van der Waals surface area contributed by atoms with Crippen LogP contribution >= 0.6 is 0 Å². The third kappa shape index (κ3) is 3.99. The number of benzene rings is 2. The summed E-state index contributed by atoms with van der Waals surface area (Å²) in [7, 11) is 0. The second-order valence-corrected chi connectivity index (χ2v) is 6.94. The predicted octanol–water partition coefficient (Wildman–Crippen LogP) is 3.99. The molecule has 148 valence electrons. The van der Waals surface area contributed by atoms with Gasteiger partial charge in [0.25, 0.3) is 5.91 Å². The largest absolute Gasteiger partial charge is 0.454 e. The fraction of sp³-hybridized carbons (Fsp3) is 0.227. The smallest absolute Gasteiger partial charge is 0.259 e. The van der Waals surface area contributed by atoms with Gasteiger partial charge in [0.2, 0.25) is 12.7 Å². The SMILES string of the molecule is Cc1cccc(NC(=O)c2cnc(NCc3ccc4c(c3)OCO4)nc2C)c1C. The number of ether oxygens (including phenoxy) is 2. The number of fused-ring (bicyclic) bond motifs is 1. The van der Waals surface area contributed by atoms with Gasteiger partial charge in [0.1, 0.15) is 0 Å². The number of nitrogens with zero attached hydrogens (tertiary/aromatic N) is 2. The van der Waals surface area contributed by atoms with Gasteiger partial charge >= 0.3 is 0 Å². The molecule has 0 saturated heterocycles. The maximum atomic E-state index is 12.7. The minimum absolute atomic E-state index is 0.224. The molecule has 0 fully saturated rings. The van der Waals surface area contributed by atoms with Crippen molar-refractivity contribution in [2.45, 2.75) is 27.3 Å². The summed E-state index contributed by atoms with van der Waals surface area (Å²) in [5.74, 6) is 1.72. The van der Waals surface area contributed by atoms with E-state index in [9.17, 15) is 4.79 Å². The third-order valence-electron chi connectivity index (χ3n) is 4.96. The number of hydrogen-bond acceptors (Lipinski definition) is 6. The van der Waals surface area contributed by atoms with Gasteiger partial charge < -0.3 is 20.1 Å². The summed E-state index contributed by atoms with van der Waals surface area (Å²) >= 11 is 0. The Morgan fingerprint density at radius 1 is 1.10 bits per heavy atom. The third-order valence-corrected chi connectivity index (χ3v) is 4.96. The molecule has 1 amide bonds. The second kappa shape index (κ2) is 7.79.